The number of para-hydroxylation sites is 1. The first-order valence-corrected chi connectivity index (χ1v) is 8.58. The number of nitrogens with two attached hydrogens (primary N) is 1. The number of nitrogen functional groups attached to an aromatic ring is 1. The number of anilines is 1. The Hall–Kier alpha value is -3.60. The summed E-state index contributed by atoms with van der Waals surface area (Å²) >= 11 is 0. The van der Waals surface area contributed by atoms with Crippen LogP contribution in [0.15, 0.2) is 77.9 Å². The zero-order valence-corrected chi connectivity index (χ0v) is 15.1. The molecule has 1 amide bonds. The smallest absolute Gasteiger partial charge is 0.273 e. The minimum Gasteiger partial charge on any atom is -0.489 e. The Morgan fingerprint density at radius 1 is 1.04 bits per heavy atom. The molecule has 0 aromatic heterocycles. The largest absolute Gasteiger partial charge is 0.489 e. The quantitative estimate of drug-likeness (QED) is 0.398. The molecular formula is C22H21N3O2. The lowest BCUT2D eigenvalue weighted by Crippen LogP contribution is -2.18. The van der Waals surface area contributed by atoms with Crippen molar-refractivity contribution in [2.24, 2.45) is 5.10 Å². The van der Waals surface area contributed by atoms with E-state index in [1.54, 1.807) is 30.5 Å². The Kier molecular flexibility index (Phi) is 5.84. The highest BCUT2D eigenvalue weighted by atomic mass is 16.5. The van der Waals surface area contributed by atoms with E-state index in [4.69, 9.17) is 10.5 Å². The molecule has 0 atom stereocenters. The molecule has 3 aromatic rings. The fourth-order valence-electron chi connectivity index (χ4n) is 2.43. The molecule has 3 N–H and O–H groups in total. The van der Waals surface area contributed by atoms with Crippen molar-refractivity contribution in [1.29, 1.82) is 0 Å². The zero-order chi connectivity index (χ0) is 19.1. The van der Waals surface area contributed by atoms with Gasteiger partial charge >= 0.3 is 0 Å². The van der Waals surface area contributed by atoms with Gasteiger partial charge in [-0.25, -0.2) is 5.43 Å². The van der Waals surface area contributed by atoms with E-state index >= 15 is 0 Å². The Morgan fingerprint density at radius 2 is 1.74 bits per heavy atom. The minimum absolute atomic E-state index is 0.345. The molecule has 0 fully saturated rings. The van der Waals surface area contributed by atoms with Gasteiger partial charge in [0.25, 0.3) is 5.91 Å². The van der Waals surface area contributed by atoms with Crippen molar-refractivity contribution < 1.29 is 9.53 Å². The number of hydrogen-bond donors (Lipinski definition) is 2. The first kappa shape index (κ1) is 18.2. The van der Waals surface area contributed by atoms with Crippen LogP contribution in [0.3, 0.4) is 0 Å². The summed E-state index contributed by atoms with van der Waals surface area (Å²) < 4.78 is 5.77. The van der Waals surface area contributed by atoms with Crippen LogP contribution in [-0.4, -0.2) is 12.1 Å². The lowest BCUT2D eigenvalue weighted by Gasteiger charge is -2.07. The van der Waals surface area contributed by atoms with E-state index in [0.717, 1.165) is 16.9 Å². The molecular weight excluding hydrogens is 338 g/mol. The number of rotatable bonds is 6. The number of aryl methyl sites for hydroxylation is 1. The van der Waals surface area contributed by atoms with Gasteiger partial charge in [-0.2, -0.15) is 5.10 Å². The SMILES string of the molecule is Cc1ccc(COc2ccc(/C=N\NC(=O)c3ccccc3N)cc2)cc1. The third-order valence-electron chi connectivity index (χ3n) is 3.99. The average Bonchev–Trinajstić information content (AvgIpc) is 2.69. The number of carbonyl (C=O) groups is 1. The highest BCUT2D eigenvalue weighted by Crippen LogP contribution is 2.14. The third kappa shape index (κ3) is 5.19. The number of nitrogens with one attached hydrogen (secondary N) is 1. The van der Waals surface area contributed by atoms with E-state index in [2.05, 4.69) is 41.7 Å². The van der Waals surface area contributed by atoms with Crippen LogP contribution in [0.2, 0.25) is 0 Å². The summed E-state index contributed by atoms with van der Waals surface area (Å²) in [5.41, 5.74) is 12.3. The number of ether oxygens (including phenoxy) is 1. The van der Waals surface area contributed by atoms with Crippen LogP contribution in [-0.2, 0) is 6.61 Å². The average molecular weight is 359 g/mol. The third-order valence-corrected chi connectivity index (χ3v) is 3.99. The Bertz CT molecular complexity index is 933. The van der Waals surface area contributed by atoms with Gasteiger partial charge in [0.05, 0.1) is 11.8 Å². The first-order valence-electron chi connectivity index (χ1n) is 8.58. The Labute approximate surface area is 158 Å². The van der Waals surface area contributed by atoms with Crippen molar-refractivity contribution in [3.8, 4) is 5.75 Å². The first-order chi connectivity index (χ1) is 13.1. The van der Waals surface area contributed by atoms with Gasteiger partial charge in [-0.3, -0.25) is 4.79 Å². The van der Waals surface area contributed by atoms with Crippen molar-refractivity contribution in [3.63, 3.8) is 0 Å². The molecule has 0 heterocycles. The number of nitrogens with zero attached hydrogens (tertiary/aromatic N) is 1. The van der Waals surface area contributed by atoms with Gasteiger partial charge in [0.2, 0.25) is 0 Å². The Morgan fingerprint density at radius 3 is 2.44 bits per heavy atom. The van der Waals surface area contributed by atoms with Gasteiger partial charge in [-0.05, 0) is 54.4 Å². The zero-order valence-electron chi connectivity index (χ0n) is 15.1. The van der Waals surface area contributed by atoms with Crippen LogP contribution >= 0.6 is 0 Å². The normalized spacial score (nSPS) is 10.7. The molecule has 0 saturated heterocycles. The molecule has 136 valence electrons. The topological polar surface area (TPSA) is 76.7 Å². The molecule has 0 radical (unpaired) electrons. The molecule has 0 aliphatic rings. The second kappa shape index (κ2) is 8.67. The lowest BCUT2D eigenvalue weighted by molar-refractivity contribution is 0.0956. The molecule has 3 rings (SSSR count). The molecule has 3 aromatic carbocycles. The van der Waals surface area contributed by atoms with Crippen LogP contribution in [0, 0.1) is 6.92 Å². The molecule has 0 bridgehead atoms. The monoisotopic (exact) mass is 359 g/mol. The molecule has 5 heteroatoms. The van der Waals surface area contributed by atoms with Crippen molar-refractivity contribution in [1.82, 2.24) is 5.43 Å². The molecule has 0 aliphatic carbocycles. The predicted molar refractivity (Wildman–Crippen MR) is 108 cm³/mol. The van der Waals surface area contributed by atoms with Crippen molar-refractivity contribution in [3.05, 3.63) is 95.1 Å². The number of amides is 1. The second-order valence-corrected chi connectivity index (χ2v) is 6.13. The van der Waals surface area contributed by atoms with E-state index in [1.165, 1.54) is 5.56 Å². The fourth-order valence-corrected chi connectivity index (χ4v) is 2.43. The van der Waals surface area contributed by atoms with Gasteiger partial charge in [-0.1, -0.05) is 42.0 Å². The molecule has 0 spiro atoms. The number of hydrogen-bond acceptors (Lipinski definition) is 4. The van der Waals surface area contributed by atoms with Gasteiger partial charge in [0, 0.05) is 5.69 Å². The van der Waals surface area contributed by atoms with Crippen LogP contribution in [0.1, 0.15) is 27.0 Å². The van der Waals surface area contributed by atoms with E-state index in [1.807, 2.05) is 24.3 Å². The highest BCUT2D eigenvalue weighted by molar-refractivity contribution is 5.99. The van der Waals surface area contributed by atoms with E-state index in [9.17, 15) is 4.79 Å². The lowest BCUT2D eigenvalue weighted by atomic mass is 10.2. The summed E-state index contributed by atoms with van der Waals surface area (Å²) in [6.07, 6.45) is 1.57. The fraction of sp³-hybridized carbons (Fsp3) is 0.0909. The van der Waals surface area contributed by atoms with E-state index in [-0.39, 0.29) is 5.91 Å². The second-order valence-electron chi connectivity index (χ2n) is 6.13. The van der Waals surface area contributed by atoms with Gasteiger partial charge in [0.1, 0.15) is 12.4 Å². The molecule has 27 heavy (non-hydrogen) atoms. The van der Waals surface area contributed by atoms with Crippen molar-refractivity contribution >= 4 is 17.8 Å². The van der Waals surface area contributed by atoms with Crippen LogP contribution in [0.25, 0.3) is 0 Å². The van der Waals surface area contributed by atoms with Crippen LogP contribution in [0.5, 0.6) is 5.75 Å². The predicted octanol–water partition coefficient (Wildman–Crippen LogP) is 3.92. The summed E-state index contributed by atoms with van der Waals surface area (Å²) in [5.74, 6) is 0.427. The molecule has 5 nitrogen and oxygen atoms in total. The van der Waals surface area contributed by atoms with Gasteiger partial charge < -0.3 is 10.5 Å². The molecule has 0 aliphatic heterocycles. The Balaban J connectivity index is 1.52. The number of carbonyl (C=O) groups excluding carboxylic acids is 1. The summed E-state index contributed by atoms with van der Waals surface area (Å²) in [4.78, 5) is 12.0. The maximum atomic E-state index is 12.0. The number of hydrazone groups is 1. The van der Waals surface area contributed by atoms with Gasteiger partial charge in [-0.15, -0.1) is 0 Å². The van der Waals surface area contributed by atoms with E-state index < -0.39 is 0 Å². The van der Waals surface area contributed by atoms with Crippen LogP contribution < -0.4 is 15.9 Å². The molecule has 0 saturated carbocycles. The summed E-state index contributed by atoms with van der Waals surface area (Å²) in [6.45, 7) is 2.57. The maximum Gasteiger partial charge on any atom is 0.273 e. The van der Waals surface area contributed by atoms with Crippen molar-refractivity contribution in [2.45, 2.75) is 13.5 Å². The summed E-state index contributed by atoms with van der Waals surface area (Å²) in [7, 11) is 0. The summed E-state index contributed by atoms with van der Waals surface area (Å²) in [5, 5.41) is 3.97. The number of benzene rings is 3. The molecule has 0 unspecified atom stereocenters. The van der Waals surface area contributed by atoms with E-state index in [0.29, 0.717) is 17.9 Å². The standard InChI is InChI=1S/C22H21N3O2/c1-16-6-8-18(9-7-16)15-27-19-12-10-17(11-13-19)14-24-25-22(26)20-4-2-3-5-21(20)23/h2-14H,15,23H2,1H3,(H,25,26)/b24-14-. The van der Waals surface area contributed by atoms with Crippen molar-refractivity contribution in [2.75, 3.05) is 5.73 Å². The summed E-state index contributed by atoms with van der Waals surface area (Å²) in [6, 6.07) is 22.6. The van der Waals surface area contributed by atoms with Gasteiger partial charge in [0.15, 0.2) is 0 Å². The highest BCUT2D eigenvalue weighted by Gasteiger charge is 2.06. The van der Waals surface area contributed by atoms with Crippen LogP contribution in [0.4, 0.5) is 5.69 Å². The minimum atomic E-state index is -0.345. The maximum absolute atomic E-state index is 12.0.